The van der Waals surface area contributed by atoms with Crippen molar-refractivity contribution in [2.24, 2.45) is 0 Å². The van der Waals surface area contributed by atoms with Crippen molar-refractivity contribution < 1.29 is 13.7 Å². The first-order valence-electron chi connectivity index (χ1n) is 7.11. The summed E-state index contributed by atoms with van der Waals surface area (Å²) in [5.41, 5.74) is 1.44. The third kappa shape index (κ3) is 3.13. The van der Waals surface area contributed by atoms with Crippen LogP contribution in [0, 0.1) is 13.8 Å². The van der Waals surface area contributed by atoms with E-state index >= 15 is 0 Å². The van der Waals surface area contributed by atoms with Gasteiger partial charge in [0.25, 0.3) is 0 Å². The van der Waals surface area contributed by atoms with Crippen LogP contribution in [0.25, 0.3) is 11.4 Å². The van der Waals surface area contributed by atoms with Crippen molar-refractivity contribution in [2.45, 2.75) is 31.2 Å². The van der Waals surface area contributed by atoms with Gasteiger partial charge in [0.2, 0.25) is 16.9 Å². The first-order chi connectivity index (χ1) is 11.5. The molecule has 0 spiro atoms. The van der Waals surface area contributed by atoms with E-state index in [0.717, 1.165) is 5.56 Å². The second-order valence-corrected chi connectivity index (χ2v) is 6.46. The number of nitrogen functional groups attached to an aromatic ring is 1. The van der Waals surface area contributed by atoms with Gasteiger partial charge >= 0.3 is 0 Å². The maximum atomic E-state index is 12.2. The molecule has 1 amide bonds. The molecular formula is C14H16N6O3S. The van der Waals surface area contributed by atoms with Crippen LogP contribution in [0.1, 0.15) is 18.4 Å². The minimum Gasteiger partial charge on any atom is -0.469 e. The van der Waals surface area contributed by atoms with Gasteiger partial charge in [0, 0.05) is 6.07 Å². The van der Waals surface area contributed by atoms with E-state index in [0.29, 0.717) is 28.3 Å². The molecule has 126 valence electrons. The number of nitrogens with zero attached hydrogens (tertiary/aromatic N) is 4. The van der Waals surface area contributed by atoms with Crippen molar-refractivity contribution in [2.75, 3.05) is 11.2 Å². The number of hydrogen-bond acceptors (Lipinski definition) is 8. The Balaban J connectivity index is 1.71. The van der Waals surface area contributed by atoms with Gasteiger partial charge in [-0.15, -0.1) is 10.2 Å². The van der Waals surface area contributed by atoms with Crippen LogP contribution in [0.3, 0.4) is 0 Å². The number of carbonyl (C=O) groups is 1. The van der Waals surface area contributed by atoms with Crippen LogP contribution < -0.4 is 11.2 Å². The van der Waals surface area contributed by atoms with Gasteiger partial charge in [-0.25, -0.2) is 4.68 Å². The van der Waals surface area contributed by atoms with Gasteiger partial charge in [0.15, 0.2) is 5.82 Å². The number of nitrogens with two attached hydrogens (primary N) is 1. The molecule has 0 aromatic carbocycles. The summed E-state index contributed by atoms with van der Waals surface area (Å²) in [5.74, 6) is 7.25. The van der Waals surface area contributed by atoms with Gasteiger partial charge in [-0.05, 0) is 26.8 Å². The van der Waals surface area contributed by atoms with E-state index in [9.17, 15) is 4.79 Å². The lowest BCUT2D eigenvalue weighted by atomic mass is 10.2. The van der Waals surface area contributed by atoms with Crippen LogP contribution in [-0.4, -0.2) is 31.2 Å². The molecule has 0 aliphatic heterocycles. The molecule has 0 bridgehead atoms. The Hall–Kier alpha value is -2.75. The van der Waals surface area contributed by atoms with Gasteiger partial charge in [-0.2, -0.15) is 0 Å². The Kier molecular flexibility index (Phi) is 4.30. The van der Waals surface area contributed by atoms with E-state index in [1.165, 1.54) is 16.4 Å². The second kappa shape index (κ2) is 6.40. The topological polar surface area (TPSA) is 125 Å². The van der Waals surface area contributed by atoms with Crippen LogP contribution in [0.5, 0.6) is 0 Å². The van der Waals surface area contributed by atoms with Crippen molar-refractivity contribution in [3.63, 3.8) is 0 Å². The highest BCUT2D eigenvalue weighted by atomic mass is 32.2. The monoisotopic (exact) mass is 348 g/mol. The van der Waals surface area contributed by atoms with Crippen LogP contribution >= 0.6 is 11.8 Å². The van der Waals surface area contributed by atoms with E-state index in [1.807, 2.05) is 6.92 Å². The molecule has 0 aliphatic rings. The number of aryl methyl sites for hydroxylation is 2. The lowest BCUT2D eigenvalue weighted by molar-refractivity contribution is -0.115. The summed E-state index contributed by atoms with van der Waals surface area (Å²) in [6, 6.07) is 3.40. The number of amides is 1. The molecule has 0 saturated carbocycles. The van der Waals surface area contributed by atoms with Gasteiger partial charge in [0.1, 0.15) is 5.76 Å². The van der Waals surface area contributed by atoms with Gasteiger partial charge in [-0.3, -0.25) is 10.1 Å². The Bertz CT molecular complexity index is 868. The molecule has 3 aromatic heterocycles. The highest BCUT2D eigenvalue weighted by Gasteiger charge is 2.22. The number of nitrogens with one attached hydrogen (secondary N) is 1. The molecule has 1 atom stereocenters. The zero-order valence-electron chi connectivity index (χ0n) is 13.3. The fraction of sp³-hybridized carbons (Fsp3) is 0.286. The first-order valence-corrected chi connectivity index (χ1v) is 7.99. The number of furan rings is 1. The van der Waals surface area contributed by atoms with Crippen molar-refractivity contribution in [3.8, 4) is 11.4 Å². The predicted molar refractivity (Wildman–Crippen MR) is 87.8 cm³/mol. The van der Waals surface area contributed by atoms with Crippen molar-refractivity contribution >= 4 is 23.6 Å². The number of hydrogen-bond donors (Lipinski definition) is 2. The molecule has 0 saturated heterocycles. The lowest BCUT2D eigenvalue weighted by Gasteiger charge is -2.09. The molecule has 24 heavy (non-hydrogen) atoms. The van der Waals surface area contributed by atoms with E-state index in [-0.39, 0.29) is 5.91 Å². The molecule has 0 radical (unpaired) electrons. The smallest absolute Gasteiger partial charge is 0.240 e. The maximum Gasteiger partial charge on any atom is 0.240 e. The Morgan fingerprint density at radius 3 is 2.83 bits per heavy atom. The largest absolute Gasteiger partial charge is 0.469 e. The molecule has 3 heterocycles. The van der Waals surface area contributed by atoms with Crippen LogP contribution in [0.2, 0.25) is 0 Å². The fourth-order valence-corrected chi connectivity index (χ4v) is 2.79. The predicted octanol–water partition coefficient (Wildman–Crippen LogP) is 1.98. The summed E-state index contributed by atoms with van der Waals surface area (Å²) in [7, 11) is 0. The van der Waals surface area contributed by atoms with E-state index in [1.54, 1.807) is 32.2 Å². The number of anilines is 1. The van der Waals surface area contributed by atoms with Gasteiger partial charge in [-0.1, -0.05) is 16.9 Å². The Morgan fingerprint density at radius 2 is 2.21 bits per heavy atom. The molecule has 0 fully saturated rings. The minimum atomic E-state index is -0.458. The van der Waals surface area contributed by atoms with Crippen LogP contribution in [0.15, 0.2) is 32.5 Å². The van der Waals surface area contributed by atoms with Crippen LogP contribution in [0.4, 0.5) is 5.88 Å². The lowest BCUT2D eigenvalue weighted by Crippen LogP contribution is -2.23. The average Bonchev–Trinajstić information content (AvgIpc) is 3.22. The average molecular weight is 348 g/mol. The molecule has 1 unspecified atom stereocenters. The van der Waals surface area contributed by atoms with E-state index in [2.05, 4.69) is 20.7 Å². The molecule has 3 aromatic rings. The van der Waals surface area contributed by atoms with Crippen molar-refractivity contribution in [1.29, 1.82) is 0 Å². The summed E-state index contributed by atoms with van der Waals surface area (Å²) in [4.78, 5) is 12.2. The standard InChI is InChI=1S/C14H16N6O3S/c1-7-6-11(23-19-7)16-13(21)9(3)24-14-18-17-12(20(14)15)10-4-5-22-8(10)2/h4-6,9H,15H2,1-3H3,(H,16,21). The quantitative estimate of drug-likeness (QED) is 0.529. The fourth-order valence-electron chi connectivity index (χ4n) is 2.02. The highest BCUT2D eigenvalue weighted by Crippen LogP contribution is 2.27. The number of aromatic nitrogens is 4. The molecule has 0 aliphatic carbocycles. The van der Waals surface area contributed by atoms with Crippen molar-refractivity contribution in [3.05, 3.63) is 29.9 Å². The van der Waals surface area contributed by atoms with E-state index < -0.39 is 5.25 Å². The van der Waals surface area contributed by atoms with Gasteiger partial charge < -0.3 is 14.8 Å². The first kappa shape index (κ1) is 16.1. The molecule has 9 nitrogen and oxygen atoms in total. The molecule has 3 rings (SSSR count). The van der Waals surface area contributed by atoms with Crippen LogP contribution in [-0.2, 0) is 4.79 Å². The summed E-state index contributed by atoms with van der Waals surface area (Å²) >= 11 is 1.19. The maximum absolute atomic E-state index is 12.2. The SMILES string of the molecule is Cc1cc(NC(=O)C(C)Sc2nnc(-c3ccoc3C)n2N)on1. The normalized spacial score (nSPS) is 12.3. The number of thioether (sulfide) groups is 1. The summed E-state index contributed by atoms with van der Waals surface area (Å²) < 4.78 is 11.6. The molecule has 3 N–H and O–H groups in total. The summed E-state index contributed by atoms with van der Waals surface area (Å²) in [6.45, 7) is 5.32. The zero-order chi connectivity index (χ0) is 17.3. The third-order valence-corrected chi connectivity index (χ3v) is 4.35. The molecular weight excluding hydrogens is 332 g/mol. The second-order valence-electron chi connectivity index (χ2n) is 5.15. The summed E-state index contributed by atoms with van der Waals surface area (Å²) in [5, 5.41) is 14.4. The summed E-state index contributed by atoms with van der Waals surface area (Å²) in [6.07, 6.45) is 1.56. The van der Waals surface area contributed by atoms with Crippen molar-refractivity contribution in [1.82, 2.24) is 20.0 Å². The Morgan fingerprint density at radius 1 is 1.42 bits per heavy atom. The highest BCUT2D eigenvalue weighted by molar-refractivity contribution is 8.00. The third-order valence-electron chi connectivity index (χ3n) is 3.29. The molecule has 10 heteroatoms. The van der Waals surface area contributed by atoms with E-state index in [4.69, 9.17) is 14.8 Å². The number of carbonyl (C=O) groups excluding carboxylic acids is 1. The van der Waals surface area contributed by atoms with Gasteiger partial charge in [0.05, 0.1) is 22.8 Å². The zero-order valence-corrected chi connectivity index (χ0v) is 14.1. The Labute approximate surface area is 141 Å². The minimum absolute atomic E-state index is 0.250. The number of rotatable bonds is 5.